The van der Waals surface area contributed by atoms with Crippen LogP contribution in [0.4, 0.5) is 4.79 Å². The molecule has 0 aromatic heterocycles. The molecule has 26 heavy (non-hydrogen) atoms. The molecule has 142 valence electrons. The average Bonchev–Trinajstić information content (AvgIpc) is 2.77. The number of imide groups is 1. The van der Waals surface area contributed by atoms with Gasteiger partial charge in [-0.3, -0.25) is 9.69 Å². The van der Waals surface area contributed by atoms with Crippen molar-refractivity contribution in [1.29, 1.82) is 0 Å². The van der Waals surface area contributed by atoms with Crippen LogP contribution >= 0.6 is 0 Å². The number of rotatable bonds is 2. The zero-order valence-electron chi connectivity index (χ0n) is 17.0. The van der Waals surface area contributed by atoms with Crippen molar-refractivity contribution < 1.29 is 9.59 Å². The van der Waals surface area contributed by atoms with Gasteiger partial charge < -0.3 is 5.32 Å². The van der Waals surface area contributed by atoms with Crippen LogP contribution in [0.15, 0.2) is 12.1 Å². The Morgan fingerprint density at radius 3 is 2.31 bits per heavy atom. The quantitative estimate of drug-likeness (QED) is 0.787. The number of carbonyl (C=O) groups is 2. The summed E-state index contributed by atoms with van der Waals surface area (Å²) in [6.07, 6.45) is 3.90. The van der Waals surface area contributed by atoms with E-state index in [0.29, 0.717) is 6.54 Å². The minimum Gasteiger partial charge on any atom is -0.323 e. The predicted octanol–water partition coefficient (Wildman–Crippen LogP) is 4.60. The topological polar surface area (TPSA) is 49.4 Å². The highest BCUT2D eigenvalue weighted by atomic mass is 16.2. The van der Waals surface area contributed by atoms with E-state index in [1.54, 1.807) is 0 Å². The van der Waals surface area contributed by atoms with Crippen LogP contribution < -0.4 is 5.32 Å². The SMILES string of the molecule is Cc1cc(C(C)(C)C)cc(C)c1CN1C(=O)N[C@@]2(CCCC[C@H]2C)C1=O. The van der Waals surface area contributed by atoms with Crippen LogP contribution in [-0.2, 0) is 16.8 Å². The van der Waals surface area contributed by atoms with E-state index in [9.17, 15) is 9.59 Å². The maximum absolute atomic E-state index is 13.2. The Labute approximate surface area is 157 Å². The molecule has 1 aromatic carbocycles. The number of benzene rings is 1. The van der Waals surface area contributed by atoms with E-state index in [1.807, 2.05) is 0 Å². The summed E-state index contributed by atoms with van der Waals surface area (Å²) in [4.78, 5) is 27.3. The lowest BCUT2D eigenvalue weighted by Crippen LogP contribution is -2.53. The lowest BCUT2D eigenvalue weighted by atomic mass is 9.73. The summed E-state index contributed by atoms with van der Waals surface area (Å²) in [7, 11) is 0. The number of hydrogen-bond acceptors (Lipinski definition) is 2. The van der Waals surface area contributed by atoms with E-state index in [-0.39, 0.29) is 23.3 Å². The molecular formula is C22H32N2O2. The number of aryl methyl sites for hydroxylation is 2. The van der Waals surface area contributed by atoms with E-state index < -0.39 is 5.54 Å². The standard InChI is InChI=1S/C22H32N2O2/c1-14-11-17(21(4,5)6)12-15(2)18(14)13-24-19(25)22(23-20(24)26)10-8-7-9-16(22)3/h11-12,16H,7-10,13H2,1-6H3,(H,23,26)/t16-,22-/m1/s1. The van der Waals surface area contributed by atoms with Gasteiger partial charge in [-0.1, -0.05) is 52.7 Å². The summed E-state index contributed by atoms with van der Waals surface area (Å²) in [5.41, 5.74) is 4.06. The second-order valence-electron chi connectivity index (χ2n) is 9.28. The van der Waals surface area contributed by atoms with Crippen LogP contribution in [0.3, 0.4) is 0 Å². The molecule has 3 amide bonds. The molecule has 2 fully saturated rings. The van der Waals surface area contributed by atoms with E-state index in [4.69, 9.17) is 0 Å². The molecule has 1 saturated carbocycles. The third kappa shape index (κ3) is 3.04. The highest BCUT2D eigenvalue weighted by molar-refractivity contribution is 6.07. The molecule has 4 heteroatoms. The summed E-state index contributed by atoms with van der Waals surface area (Å²) in [5.74, 6) is 0.163. The van der Waals surface area contributed by atoms with Crippen LogP contribution in [0.5, 0.6) is 0 Å². The molecule has 1 heterocycles. The van der Waals surface area contributed by atoms with Gasteiger partial charge in [0.25, 0.3) is 5.91 Å². The molecule has 1 aliphatic carbocycles. The molecule has 0 bridgehead atoms. The van der Waals surface area contributed by atoms with Gasteiger partial charge in [-0.05, 0) is 60.3 Å². The smallest absolute Gasteiger partial charge is 0.323 e. The maximum Gasteiger partial charge on any atom is 0.325 e. The highest BCUT2D eigenvalue weighted by Gasteiger charge is 2.54. The van der Waals surface area contributed by atoms with Gasteiger partial charge in [-0.2, -0.15) is 0 Å². The van der Waals surface area contributed by atoms with E-state index in [0.717, 1.165) is 42.4 Å². The molecule has 3 rings (SSSR count). The Kier molecular flexibility index (Phi) is 4.66. The fraction of sp³-hybridized carbons (Fsp3) is 0.636. The van der Waals surface area contributed by atoms with Gasteiger partial charge in [-0.15, -0.1) is 0 Å². The van der Waals surface area contributed by atoms with Crippen molar-refractivity contribution in [2.75, 3.05) is 0 Å². The summed E-state index contributed by atoms with van der Waals surface area (Å²) in [5, 5.41) is 3.05. The van der Waals surface area contributed by atoms with Gasteiger partial charge in [0, 0.05) is 0 Å². The third-order valence-electron chi connectivity index (χ3n) is 6.38. The number of hydrogen-bond donors (Lipinski definition) is 1. The molecule has 1 aromatic rings. The molecule has 2 atom stereocenters. The van der Waals surface area contributed by atoms with Crippen molar-refractivity contribution in [1.82, 2.24) is 10.2 Å². The van der Waals surface area contributed by atoms with E-state index in [2.05, 4.69) is 59.0 Å². The monoisotopic (exact) mass is 356 g/mol. The van der Waals surface area contributed by atoms with E-state index in [1.165, 1.54) is 10.5 Å². The molecule has 1 saturated heterocycles. The highest BCUT2D eigenvalue weighted by Crippen LogP contribution is 2.39. The minimum atomic E-state index is -0.678. The van der Waals surface area contributed by atoms with E-state index >= 15 is 0 Å². The maximum atomic E-state index is 13.2. The Hall–Kier alpha value is -1.84. The zero-order chi connectivity index (χ0) is 19.3. The first-order valence-corrected chi connectivity index (χ1v) is 9.81. The second-order valence-corrected chi connectivity index (χ2v) is 9.28. The van der Waals surface area contributed by atoms with Gasteiger partial charge >= 0.3 is 6.03 Å². The normalized spacial score (nSPS) is 26.5. The summed E-state index contributed by atoms with van der Waals surface area (Å²) in [6, 6.07) is 4.15. The number of amides is 3. The molecular weight excluding hydrogens is 324 g/mol. The summed E-state index contributed by atoms with van der Waals surface area (Å²) in [6.45, 7) is 13.2. The Morgan fingerprint density at radius 2 is 1.77 bits per heavy atom. The molecule has 1 spiro atoms. The third-order valence-corrected chi connectivity index (χ3v) is 6.38. The molecule has 0 unspecified atom stereocenters. The molecule has 1 N–H and O–H groups in total. The van der Waals surface area contributed by atoms with Crippen molar-refractivity contribution in [3.05, 3.63) is 34.4 Å². The van der Waals surface area contributed by atoms with Crippen LogP contribution in [0, 0.1) is 19.8 Å². The van der Waals surface area contributed by atoms with Crippen LogP contribution in [0.1, 0.15) is 75.6 Å². The number of urea groups is 1. The molecule has 4 nitrogen and oxygen atoms in total. The fourth-order valence-corrected chi connectivity index (χ4v) is 4.47. The van der Waals surface area contributed by atoms with Crippen molar-refractivity contribution in [2.24, 2.45) is 5.92 Å². The largest absolute Gasteiger partial charge is 0.325 e. The fourth-order valence-electron chi connectivity index (χ4n) is 4.47. The van der Waals surface area contributed by atoms with Crippen LogP contribution in [0.2, 0.25) is 0 Å². The Balaban J connectivity index is 1.90. The van der Waals surface area contributed by atoms with Gasteiger partial charge in [0.15, 0.2) is 0 Å². The molecule has 0 radical (unpaired) electrons. The lowest BCUT2D eigenvalue weighted by Gasteiger charge is -2.36. The van der Waals surface area contributed by atoms with Crippen LogP contribution in [-0.4, -0.2) is 22.4 Å². The molecule has 1 aliphatic heterocycles. The van der Waals surface area contributed by atoms with Gasteiger partial charge in [-0.25, -0.2) is 4.79 Å². The number of nitrogens with zero attached hydrogens (tertiary/aromatic N) is 1. The van der Waals surface area contributed by atoms with Gasteiger partial charge in [0.2, 0.25) is 0 Å². The second kappa shape index (κ2) is 6.40. The average molecular weight is 357 g/mol. The van der Waals surface area contributed by atoms with Crippen LogP contribution in [0.25, 0.3) is 0 Å². The lowest BCUT2D eigenvalue weighted by molar-refractivity contribution is -0.134. The first-order chi connectivity index (χ1) is 12.1. The first-order valence-electron chi connectivity index (χ1n) is 9.81. The predicted molar refractivity (Wildman–Crippen MR) is 104 cm³/mol. The van der Waals surface area contributed by atoms with Gasteiger partial charge in [0.1, 0.15) is 5.54 Å². The van der Waals surface area contributed by atoms with Crippen molar-refractivity contribution in [3.8, 4) is 0 Å². The van der Waals surface area contributed by atoms with Crippen molar-refractivity contribution in [2.45, 2.75) is 84.7 Å². The first kappa shape index (κ1) is 18.9. The van der Waals surface area contributed by atoms with Crippen molar-refractivity contribution >= 4 is 11.9 Å². The number of carbonyl (C=O) groups excluding carboxylic acids is 2. The minimum absolute atomic E-state index is 0.0339. The van der Waals surface area contributed by atoms with Gasteiger partial charge in [0.05, 0.1) is 6.54 Å². The number of nitrogens with one attached hydrogen (secondary N) is 1. The Bertz CT molecular complexity index is 724. The zero-order valence-corrected chi connectivity index (χ0v) is 17.0. The van der Waals surface area contributed by atoms with Crippen molar-refractivity contribution in [3.63, 3.8) is 0 Å². The molecule has 2 aliphatic rings. The Morgan fingerprint density at radius 1 is 1.15 bits per heavy atom. The summed E-state index contributed by atoms with van der Waals surface area (Å²) < 4.78 is 0. The summed E-state index contributed by atoms with van der Waals surface area (Å²) >= 11 is 0.